The number of nitriles is 1. The Hall–Kier alpha value is -0.680. The Morgan fingerprint density at radius 2 is 1.44 bits per heavy atom. The second kappa shape index (κ2) is 7.32. The van der Waals surface area contributed by atoms with Crippen molar-refractivity contribution in [2.24, 2.45) is 0 Å². The van der Waals surface area contributed by atoms with Crippen molar-refractivity contribution in [1.82, 2.24) is 6.15 Å². The molecule has 0 saturated carbocycles. The van der Waals surface area contributed by atoms with Gasteiger partial charge in [-0.1, -0.05) is 0 Å². The highest BCUT2D eigenvalue weighted by Gasteiger charge is 1.84. The molecule has 7 heteroatoms. The van der Waals surface area contributed by atoms with Gasteiger partial charge in [0.1, 0.15) is 0 Å². The van der Waals surface area contributed by atoms with Gasteiger partial charge in [-0.2, -0.15) is 13.7 Å². The first-order valence-corrected chi connectivity index (χ1v) is 2.82. The SMILES string of the molecule is CC#N.N.O=S(=O)(O)O. The van der Waals surface area contributed by atoms with Crippen LogP contribution in [0.4, 0.5) is 0 Å². The highest BCUT2D eigenvalue weighted by Crippen LogP contribution is 1.59. The second-order valence-electron chi connectivity index (χ2n) is 0.671. The van der Waals surface area contributed by atoms with Crippen LogP contribution in [-0.4, -0.2) is 17.5 Å². The summed E-state index contributed by atoms with van der Waals surface area (Å²) in [7, 11) is -4.67. The van der Waals surface area contributed by atoms with Gasteiger partial charge >= 0.3 is 10.4 Å². The summed E-state index contributed by atoms with van der Waals surface area (Å²) in [5.41, 5.74) is 0. The van der Waals surface area contributed by atoms with E-state index in [1.165, 1.54) is 6.92 Å². The van der Waals surface area contributed by atoms with Crippen molar-refractivity contribution in [1.29, 1.82) is 5.26 Å². The summed E-state index contributed by atoms with van der Waals surface area (Å²) in [4.78, 5) is 0. The molecule has 0 unspecified atom stereocenters. The fourth-order valence-electron chi connectivity index (χ4n) is 0. The second-order valence-corrected chi connectivity index (χ2v) is 1.57. The van der Waals surface area contributed by atoms with Crippen LogP contribution in [0, 0.1) is 11.3 Å². The molecule has 0 fully saturated rings. The Balaban J connectivity index is -0.0000000800. The lowest BCUT2D eigenvalue weighted by molar-refractivity contribution is 0.381. The van der Waals surface area contributed by atoms with Gasteiger partial charge in [-0.15, -0.1) is 0 Å². The van der Waals surface area contributed by atoms with E-state index in [2.05, 4.69) is 0 Å². The molecule has 0 heterocycles. The lowest BCUT2D eigenvalue weighted by Crippen LogP contribution is -1.89. The molecule has 0 saturated heterocycles. The molecule has 5 N–H and O–H groups in total. The molecule has 0 amide bonds. The van der Waals surface area contributed by atoms with Crippen LogP contribution in [0.15, 0.2) is 0 Å². The molecule has 0 aromatic heterocycles. The first kappa shape index (κ1) is 15.8. The lowest BCUT2D eigenvalue weighted by Gasteiger charge is -1.68. The van der Waals surface area contributed by atoms with Crippen LogP contribution in [0.2, 0.25) is 0 Å². The molecule has 0 spiro atoms. The largest absolute Gasteiger partial charge is 0.394 e. The van der Waals surface area contributed by atoms with Crippen LogP contribution in [0.25, 0.3) is 0 Å². The third-order valence-electron chi connectivity index (χ3n) is 0. The summed E-state index contributed by atoms with van der Waals surface area (Å²) >= 11 is 0. The van der Waals surface area contributed by atoms with E-state index in [0.29, 0.717) is 0 Å². The average Bonchev–Trinajstić information content (AvgIpc) is 1.27. The van der Waals surface area contributed by atoms with E-state index in [0.717, 1.165) is 0 Å². The molecule has 9 heavy (non-hydrogen) atoms. The molecule has 0 aliphatic rings. The Morgan fingerprint density at radius 1 is 1.44 bits per heavy atom. The molecule has 0 aromatic carbocycles. The summed E-state index contributed by atoms with van der Waals surface area (Å²) < 4.78 is 31.6. The monoisotopic (exact) mass is 156 g/mol. The fraction of sp³-hybridized carbons (Fsp3) is 0.500. The summed E-state index contributed by atoms with van der Waals surface area (Å²) in [6.45, 7) is 1.43. The molecule has 0 aromatic rings. The Morgan fingerprint density at radius 3 is 1.44 bits per heavy atom. The van der Waals surface area contributed by atoms with E-state index in [1.54, 1.807) is 6.07 Å². The minimum atomic E-state index is -4.67. The quantitative estimate of drug-likeness (QED) is 0.424. The third kappa shape index (κ3) is 448. The fourth-order valence-corrected chi connectivity index (χ4v) is 0. The maximum Gasteiger partial charge on any atom is 0.394 e. The number of hydrogen-bond donors (Lipinski definition) is 3. The lowest BCUT2D eigenvalue weighted by atomic mass is 11.0. The van der Waals surface area contributed by atoms with E-state index in [4.69, 9.17) is 22.8 Å². The van der Waals surface area contributed by atoms with E-state index in [-0.39, 0.29) is 6.15 Å². The molecule has 0 radical (unpaired) electrons. The molecule has 6 nitrogen and oxygen atoms in total. The van der Waals surface area contributed by atoms with Crippen molar-refractivity contribution < 1.29 is 17.5 Å². The zero-order valence-corrected chi connectivity index (χ0v) is 5.59. The number of hydrogen-bond acceptors (Lipinski definition) is 4. The van der Waals surface area contributed by atoms with E-state index < -0.39 is 10.4 Å². The summed E-state index contributed by atoms with van der Waals surface area (Å²) in [6.07, 6.45) is 0. The topological polar surface area (TPSA) is 133 Å². The van der Waals surface area contributed by atoms with Gasteiger partial charge in [0.25, 0.3) is 0 Å². The van der Waals surface area contributed by atoms with Crippen LogP contribution in [0.1, 0.15) is 6.92 Å². The Labute approximate surface area is 53.3 Å². The molecule has 0 atom stereocenters. The molecule has 0 bridgehead atoms. The van der Waals surface area contributed by atoms with Gasteiger partial charge < -0.3 is 6.15 Å². The predicted molar refractivity (Wildman–Crippen MR) is 30.5 cm³/mol. The van der Waals surface area contributed by atoms with Gasteiger partial charge in [0, 0.05) is 6.92 Å². The molecule has 56 valence electrons. The van der Waals surface area contributed by atoms with E-state index in [1.807, 2.05) is 0 Å². The summed E-state index contributed by atoms with van der Waals surface area (Å²) in [6, 6.07) is 1.75. The maximum absolute atomic E-state index is 8.74. The molecular formula is C2H8N2O4S. The standard InChI is InChI=1S/C2H3N.H3N.H2O4S/c1-2-3;;1-5(2,3)4/h1H3;1H3;(H2,1,2,3,4). The number of rotatable bonds is 0. The van der Waals surface area contributed by atoms with Crippen molar-refractivity contribution in [2.75, 3.05) is 0 Å². The van der Waals surface area contributed by atoms with Gasteiger partial charge in [-0.3, -0.25) is 9.11 Å². The van der Waals surface area contributed by atoms with Crippen LogP contribution in [0.5, 0.6) is 0 Å². The Kier molecular flexibility index (Phi) is 12.8. The van der Waals surface area contributed by atoms with E-state index in [9.17, 15) is 0 Å². The highest BCUT2D eigenvalue weighted by atomic mass is 32.3. The zero-order chi connectivity index (χ0) is 7.21. The van der Waals surface area contributed by atoms with Crippen LogP contribution in [-0.2, 0) is 10.4 Å². The van der Waals surface area contributed by atoms with Crippen molar-refractivity contribution in [3.63, 3.8) is 0 Å². The minimum Gasteiger partial charge on any atom is -0.344 e. The first-order valence-electron chi connectivity index (χ1n) is 1.42. The number of nitrogens with zero attached hydrogens (tertiary/aromatic N) is 1. The van der Waals surface area contributed by atoms with Crippen LogP contribution in [0.3, 0.4) is 0 Å². The van der Waals surface area contributed by atoms with Crippen molar-refractivity contribution in [3.8, 4) is 6.07 Å². The normalized spacial score (nSPS) is 7.33. The maximum atomic E-state index is 8.74. The molecule has 0 rings (SSSR count). The average molecular weight is 156 g/mol. The Bertz CT molecular complexity index is 157. The van der Waals surface area contributed by atoms with Gasteiger partial charge in [0.05, 0.1) is 6.07 Å². The summed E-state index contributed by atoms with van der Waals surface area (Å²) in [5.74, 6) is 0. The predicted octanol–water partition coefficient (Wildman–Crippen LogP) is 0.0391. The van der Waals surface area contributed by atoms with Gasteiger partial charge in [0.2, 0.25) is 0 Å². The zero-order valence-electron chi connectivity index (χ0n) is 4.77. The van der Waals surface area contributed by atoms with Crippen molar-refractivity contribution in [2.45, 2.75) is 6.92 Å². The van der Waals surface area contributed by atoms with Crippen LogP contribution < -0.4 is 6.15 Å². The first-order chi connectivity index (χ1) is 3.41. The third-order valence-corrected chi connectivity index (χ3v) is 0. The van der Waals surface area contributed by atoms with Gasteiger partial charge in [-0.05, 0) is 0 Å². The molecular weight excluding hydrogens is 148 g/mol. The van der Waals surface area contributed by atoms with E-state index >= 15 is 0 Å². The molecule has 0 aliphatic heterocycles. The smallest absolute Gasteiger partial charge is 0.344 e. The van der Waals surface area contributed by atoms with Crippen LogP contribution >= 0.6 is 0 Å². The van der Waals surface area contributed by atoms with Gasteiger partial charge in [-0.25, -0.2) is 0 Å². The molecule has 0 aliphatic carbocycles. The minimum absolute atomic E-state index is 0. The summed E-state index contributed by atoms with van der Waals surface area (Å²) in [5, 5.41) is 7.32. The van der Waals surface area contributed by atoms with Crippen molar-refractivity contribution in [3.05, 3.63) is 0 Å². The van der Waals surface area contributed by atoms with Crippen molar-refractivity contribution >= 4 is 10.4 Å². The highest BCUT2D eigenvalue weighted by molar-refractivity contribution is 7.79. The van der Waals surface area contributed by atoms with Gasteiger partial charge in [0.15, 0.2) is 0 Å².